The molecule has 0 radical (unpaired) electrons. The molecule has 0 aliphatic heterocycles. The van der Waals surface area contributed by atoms with Gasteiger partial charge >= 0.3 is 0 Å². The van der Waals surface area contributed by atoms with Crippen LogP contribution in [-0.2, 0) is 0 Å². The van der Waals surface area contributed by atoms with Crippen LogP contribution >= 0.6 is 0 Å². The van der Waals surface area contributed by atoms with Crippen LogP contribution in [0.5, 0.6) is 0 Å². The van der Waals surface area contributed by atoms with Crippen LogP contribution < -0.4 is 5.32 Å². The molecule has 0 aromatic carbocycles. The lowest BCUT2D eigenvalue weighted by molar-refractivity contribution is 0.866. The van der Waals surface area contributed by atoms with Gasteiger partial charge in [0.15, 0.2) is 0 Å². The molecule has 2 aromatic rings. The highest BCUT2D eigenvalue weighted by Gasteiger charge is 2.04. The molecule has 0 spiro atoms. The van der Waals surface area contributed by atoms with Crippen molar-refractivity contribution >= 4 is 11.5 Å². The normalized spacial score (nSPS) is 11.1. The van der Waals surface area contributed by atoms with Crippen molar-refractivity contribution in [1.82, 2.24) is 9.38 Å². The number of nitrogens with one attached hydrogen (secondary N) is 1. The lowest BCUT2D eigenvalue weighted by Crippen LogP contribution is -1.93. The molecule has 14 heavy (non-hydrogen) atoms. The summed E-state index contributed by atoms with van der Waals surface area (Å²) in [5.74, 6) is 1.46. The lowest BCUT2D eigenvalue weighted by Gasteiger charge is -1.98. The predicted octanol–water partition coefficient (Wildman–Crippen LogP) is 2.50. The van der Waals surface area contributed by atoms with Crippen molar-refractivity contribution in [1.29, 1.82) is 0 Å². The Balaban J connectivity index is 2.54. The van der Waals surface area contributed by atoms with Gasteiger partial charge in [-0.2, -0.15) is 0 Å². The molecule has 0 atom stereocenters. The standard InChI is InChI=1S/C11H15N3/c1-8(2)9-6-11-13-10(12-3)4-5-14(11)7-9/h4-8H,1-3H3,(H,12,13). The fourth-order valence-corrected chi connectivity index (χ4v) is 1.46. The largest absolute Gasteiger partial charge is 0.373 e. The van der Waals surface area contributed by atoms with Crippen LogP contribution in [0.4, 0.5) is 5.82 Å². The van der Waals surface area contributed by atoms with Gasteiger partial charge in [0, 0.05) is 19.4 Å². The summed E-state index contributed by atoms with van der Waals surface area (Å²) in [5, 5.41) is 3.03. The summed E-state index contributed by atoms with van der Waals surface area (Å²) in [4.78, 5) is 4.45. The molecule has 0 saturated carbocycles. The zero-order valence-electron chi connectivity index (χ0n) is 8.78. The maximum atomic E-state index is 4.45. The van der Waals surface area contributed by atoms with Crippen LogP contribution in [0.15, 0.2) is 24.5 Å². The average molecular weight is 189 g/mol. The topological polar surface area (TPSA) is 29.3 Å². The molecule has 74 valence electrons. The van der Waals surface area contributed by atoms with Crippen LogP contribution in [-0.4, -0.2) is 16.4 Å². The zero-order chi connectivity index (χ0) is 10.1. The molecule has 0 amide bonds. The first-order chi connectivity index (χ1) is 6.70. The maximum Gasteiger partial charge on any atom is 0.139 e. The molecular weight excluding hydrogens is 174 g/mol. The summed E-state index contributed by atoms with van der Waals surface area (Å²) in [6.07, 6.45) is 4.16. The van der Waals surface area contributed by atoms with E-state index in [2.05, 4.69) is 40.8 Å². The van der Waals surface area contributed by atoms with Crippen molar-refractivity contribution in [2.24, 2.45) is 0 Å². The van der Waals surface area contributed by atoms with E-state index in [0.717, 1.165) is 11.5 Å². The van der Waals surface area contributed by atoms with Crippen LogP contribution in [0.1, 0.15) is 25.3 Å². The minimum atomic E-state index is 0.551. The maximum absolute atomic E-state index is 4.45. The molecular formula is C11H15N3. The molecule has 0 aliphatic carbocycles. The fraction of sp³-hybridized carbons (Fsp3) is 0.364. The number of hydrogen-bond donors (Lipinski definition) is 1. The molecule has 1 N–H and O–H groups in total. The molecule has 2 heterocycles. The van der Waals surface area contributed by atoms with Gasteiger partial charge in [-0.15, -0.1) is 0 Å². The highest BCUT2D eigenvalue weighted by atomic mass is 15.0. The van der Waals surface area contributed by atoms with Gasteiger partial charge < -0.3 is 9.72 Å². The Morgan fingerprint density at radius 3 is 2.86 bits per heavy atom. The molecule has 0 fully saturated rings. The van der Waals surface area contributed by atoms with Gasteiger partial charge in [0.1, 0.15) is 11.5 Å². The Hall–Kier alpha value is -1.51. The van der Waals surface area contributed by atoms with Gasteiger partial charge in [0.25, 0.3) is 0 Å². The van der Waals surface area contributed by atoms with Crippen molar-refractivity contribution in [2.75, 3.05) is 12.4 Å². The lowest BCUT2D eigenvalue weighted by atomic mass is 10.1. The van der Waals surface area contributed by atoms with E-state index in [1.54, 1.807) is 0 Å². The Kier molecular flexibility index (Phi) is 2.15. The minimum Gasteiger partial charge on any atom is -0.373 e. The first-order valence-electron chi connectivity index (χ1n) is 4.87. The zero-order valence-corrected chi connectivity index (χ0v) is 8.78. The SMILES string of the molecule is CNc1ccn2cc(C(C)C)cc2n1. The van der Waals surface area contributed by atoms with E-state index in [1.165, 1.54) is 5.56 Å². The second-order valence-corrected chi connectivity index (χ2v) is 3.76. The van der Waals surface area contributed by atoms with E-state index in [0.29, 0.717) is 5.92 Å². The number of fused-ring (bicyclic) bond motifs is 1. The van der Waals surface area contributed by atoms with E-state index in [9.17, 15) is 0 Å². The van der Waals surface area contributed by atoms with Crippen molar-refractivity contribution in [2.45, 2.75) is 19.8 Å². The number of anilines is 1. The highest BCUT2D eigenvalue weighted by Crippen LogP contribution is 2.18. The van der Waals surface area contributed by atoms with Gasteiger partial charge in [0.2, 0.25) is 0 Å². The third-order valence-electron chi connectivity index (χ3n) is 2.40. The molecule has 2 aromatic heterocycles. The summed E-state index contributed by atoms with van der Waals surface area (Å²) in [6.45, 7) is 4.38. The molecule has 0 aliphatic rings. The van der Waals surface area contributed by atoms with E-state index in [4.69, 9.17) is 0 Å². The summed E-state index contributed by atoms with van der Waals surface area (Å²) in [7, 11) is 1.88. The molecule has 3 heteroatoms. The van der Waals surface area contributed by atoms with Crippen LogP contribution in [0.25, 0.3) is 5.65 Å². The van der Waals surface area contributed by atoms with E-state index >= 15 is 0 Å². The molecule has 3 nitrogen and oxygen atoms in total. The Bertz CT molecular complexity index is 443. The van der Waals surface area contributed by atoms with Gasteiger partial charge in [-0.25, -0.2) is 4.98 Å². The third kappa shape index (κ3) is 1.45. The first-order valence-corrected chi connectivity index (χ1v) is 4.87. The van der Waals surface area contributed by atoms with E-state index in [-0.39, 0.29) is 0 Å². The van der Waals surface area contributed by atoms with Crippen LogP contribution in [0.3, 0.4) is 0 Å². The second kappa shape index (κ2) is 3.33. The summed E-state index contributed by atoms with van der Waals surface area (Å²) in [5.41, 5.74) is 2.33. The summed E-state index contributed by atoms with van der Waals surface area (Å²) < 4.78 is 2.05. The summed E-state index contributed by atoms with van der Waals surface area (Å²) >= 11 is 0. The van der Waals surface area contributed by atoms with Gasteiger partial charge in [0.05, 0.1) is 0 Å². The van der Waals surface area contributed by atoms with E-state index < -0.39 is 0 Å². The van der Waals surface area contributed by atoms with E-state index in [1.807, 2.05) is 19.3 Å². The second-order valence-electron chi connectivity index (χ2n) is 3.76. The molecule has 0 unspecified atom stereocenters. The minimum absolute atomic E-state index is 0.551. The Morgan fingerprint density at radius 2 is 2.21 bits per heavy atom. The Morgan fingerprint density at radius 1 is 1.43 bits per heavy atom. The van der Waals surface area contributed by atoms with Crippen LogP contribution in [0.2, 0.25) is 0 Å². The number of aromatic nitrogens is 2. The quantitative estimate of drug-likeness (QED) is 0.786. The monoisotopic (exact) mass is 189 g/mol. The number of hydrogen-bond acceptors (Lipinski definition) is 2. The number of rotatable bonds is 2. The molecule has 0 bridgehead atoms. The smallest absolute Gasteiger partial charge is 0.139 e. The van der Waals surface area contributed by atoms with Crippen molar-refractivity contribution < 1.29 is 0 Å². The Labute approximate surface area is 83.8 Å². The van der Waals surface area contributed by atoms with Crippen molar-refractivity contribution in [3.63, 3.8) is 0 Å². The van der Waals surface area contributed by atoms with Gasteiger partial charge in [-0.3, -0.25) is 0 Å². The molecule has 2 rings (SSSR count). The fourth-order valence-electron chi connectivity index (χ4n) is 1.46. The van der Waals surface area contributed by atoms with Gasteiger partial charge in [-0.1, -0.05) is 13.8 Å². The summed E-state index contributed by atoms with van der Waals surface area (Å²) in [6, 6.07) is 4.10. The highest BCUT2D eigenvalue weighted by molar-refractivity contribution is 5.49. The van der Waals surface area contributed by atoms with Gasteiger partial charge in [-0.05, 0) is 23.6 Å². The van der Waals surface area contributed by atoms with Crippen molar-refractivity contribution in [3.8, 4) is 0 Å². The average Bonchev–Trinajstić information content (AvgIpc) is 2.59. The molecule has 0 saturated heterocycles. The van der Waals surface area contributed by atoms with Crippen LogP contribution in [0, 0.1) is 0 Å². The first kappa shape index (κ1) is 9.06. The predicted molar refractivity (Wildman–Crippen MR) is 58.8 cm³/mol. The third-order valence-corrected chi connectivity index (χ3v) is 2.40. The number of nitrogens with zero attached hydrogens (tertiary/aromatic N) is 2. The van der Waals surface area contributed by atoms with Crippen molar-refractivity contribution in [3.05, 3.63) is 30.1 Å².